The van der Waals surface area contributed by atoms with E-state index in [0.29, 0.717) is 12.2 Å². The molecule has 2 aromatic carbocycles. The highest BCUT2D eigenvalue weighted by molar-refractivity contribution is 7.99. The zero-order chi connectivity index (χ0) is 20.7. The molecule has 0 aliphatic rings. The average Bonchev–Trinajstić information content (AvgIpc) is 2.61. The molecule has 2 rings (SSSR count). The molecule has 28 heavy (non-hydrogen) atoms. The van der Waals surface area contributed by atoms with Crippen molar-refractivity contribution in [1.29, 1.82) is 0 Å². The highest BCUT2D eigenvalue weighted by Gasteiger charge is 2.10. The largest absolute Gasteiger partial charge is 0.326 e. The fraction of sp³-hybridized carbons (Fsp3) is 0.391. The third-order valence-electron chi connectivity index (χ3n) is 4.61. The molecule has 5 heteroatoms. The number of hydrogen-bond donors (Lipinski definition) is 2. The Hall–Kier alpha value is -2.27. The van der Waals surface area contributed by atoms with Gasteiger partial charge in [-0.15, -0.1) is 0 Å². The summed E-state index contributed by atoms with van der Waals surface area (Å²) < 4.78 is 0. The van der Waals surface area contributed by atoms with Crippen molar-refractivity contribution in [3.63, 3.8) is 0 Å². The second-order valence-corrected chi connectivity index (χ2v) is 8.40. The van der Waals surface area contributed by atoms with E-state index in [1.54, 1.807) is 11.8 Å². The molecule has 0 atom stereocenters. The number of nitrogens with one attached hydrogen (secondary N) is 2. The van der Waals surface area contributed by atoms with Crippen LogP contribution in [0.4, 0.5) is 11.4 Å². The zero-order valence-corrected chi connectivity index (χ0v) is 18.3. The van der Waals surface area contributed by atoms with E-state index in [1.165, 1.54) is 5.56 Å². The lowest BCUT2D eigenvalue weighted by Crippen LogP contribution is -2.16. The maximum atomic E-state index is 12.2. The van der Waals surface area contributed by atoms with Gasteiger partial charge in [0.25, 0.3) is 0 Å². The van der Waals surface area contributed by atoms with Crippen LogP contribution in [-0.2, 0) is 9.59 Å². The number of para-hydroxylation sites is 1. The first kappa shape index (κ1) is 22.0. The van der Waals surface area contributed by atoms with Crippen molar-refractivity contribution < 1.29 is 9.59 Å². The van der Waals surface area contributed by atoms with Gasteiger partial charge < -0.3 is 10.6 Å². The number of amides is 2. The van der Waals surface area contributed by atoms with Crippen LogP contribution in [0.2, 0.25) is 0 Å². The first-order valence-corrected chi connectivity index (χ1v) is 10.7. The van der Waals surface area contributed by atoms with Crippen LogP contribution in [0.15, 0.2) is 30.3 Å². The Kier molecular flexibility index (Phi) is 8.12. The standard InChI is InChI=1S/C23H30N2O2S/c1-15-12-18(4)23(19(5)13-15)25-21(27)14-28-11-7-10-20(26)24-22-16(2)8-6-9-17(22)3/h6,8-9,12-13H,7,10-11,14H2,1-5H3,(H,24,26)(H,25,27). The number of rotatable bonds is 8. The molecule has 2 aromatic rings. The van der Waals surface area contributed by atoms with Gasteiger partial charge in [0.15, 0.2) is 0 Å². The van der Waals surface area contributed by atoms with Gasteiger partial charge in [0, 0.05) is 17.8 Å². The number of anilines is 2. The van der Waals surface area contributed by atoms with Crippen molar-refractivity contribution in [2.24, 2.45) is 0 Å². The first-order valence-electron chi connectivity index (χ1n) is 9.59. The molecule has 0 fully saturated rings. The normalized spacial score (nSPS) is 10.6. The van der Waals surface area contributed by atoms with E-state index < -0.39 is 0 Å². The van der Waals surface area contributed by atoms with E-state index in [2.05, 4.69) is 29.7 Å². The first-order chi connectivity index (χ1) is 13.3. The fourth-order valence-electron chi connectivity index (χ4n) is 3.27. The monoisotopic (exact) mass is 398 g/mol. The van der Waals surface area contributed by atoms with Crippen LogP contribution in [-0.4, -0.2) is 23.3 Å². The van der Waals surface area contributed by atoms with E-state index in [9.17, 15) is 9.59 Å². The molecule has 2 amide bonds. The van der Waals surface area contributed by atoms with Crippen molar-refractivity contribution in [3.8, 4) is 0 Å². The van der Waals surface area contributed by atoms with E-state index in [-0.39, 0.29) is 11.8 Å². The topological polar surface area (TPSA) is 58.2 Å². The lowest BCUT2D eigenvalue weighted by atomic mass is 10.1. The quantitative estimate of drug-likeness (QED) is 0.592. The molecule has 0 saturated carbocycles. The van der Waals surface area contributed by atoms with Crippen LogP contribution in [0.5, 0.6) is 0 Å². The van der Waals surface area contributed by atoms with Gasteiger partial charge in [-0.25, -0.2) is 0 Å². The molecule has 0 radical (unpaired) electrons. The van der Waals surface area contributed by atoms with Gasteiger partial charge in [0.1, 0.15) is 0 Å². The van der Waals surface area contributed by atoms with Crippen LogP contribution in [0, 0.1) is 34.6 Å². The molecular formula is C23H30N2O2S. The molecule has 2 N–H and O–H groups in total. The average molecular weight is 399 g/mol. The number of carbonyl (C=O) groups is 2. The molecule has 0 aromatic heterocycles. The van der Waals surface area contributed by atoms with Gasteiger partial charge in [-0.2, -0.15) is 11.8 Å². The molecule has 0 bridgehead atoms. The Bertz CT molecular complexity index is 818. The van der Waals surface area contributed by atoms with Gasteiger partial charge in [0.2, 0.25) is 11.8 Å². The summed E-state index contributed by atoms with van der Waals surface area (Å²) in [5, 5.41) is 6.01. The molecule has 0 heterocycles. The number of carbonyl (C=O) groups excluding carboxylic acids is 2. The molecule has 150 valence electrons. The Morgan fingerprint density at radius 1 is 0.821 bits per heavy atom. The van der Waals surface area contributed by atoms with E-state index >= 15 is 0 Å². The molecular weight excluding hydrogens is 368 g/mol. The summed E-state index contributed by atoms with van der Waals surface area (Å²) in [4.78, 5) is 24.4. The molecule has 0 aliphatic heterocycles. The summed E-state index contributed by atoms with van der Waals surface area (Å²) in [6, 6.07) is 10.1. The summed E-state index contributed by atoms with van der Waals surface area (Å²) in [5.41, 5.74) is 7.31. The van der Waals surface area contributed by atoms with E-state index in [1.807, 2.05) is 45.9 Å². The zero-order valence-electron chi connectivity index (χ0n) is 17.4. The van der Waals surface area contributed by atoms with Gasteiger partial charge in [-0.05, 0) is 69.0 Å². The minimum absolute atomic E-state index is 0.0000368. The van der Waals surface area contributed by atoms with Gasteiger partial charge in [0.05, 0.1) is 5.75 Å². The smallest absolute Gasteiger partial charge is 0.234 e. The predicted molar refractivity (Wildman–Crippen MR) is 120 cm³/mol. The highest BCUT2D eigenvalue weighted by Crippen LogP contribution is 2.22. The van der Waals surface area contributed by atoms with Crippen molar-refractivity contribution in [1.82, 2.24) is 0 Å². The third-order valence-corrected chi connectivity index (χ3v) is 5.66. The Labute approximate surface area is 172 Å². The second-order valence-electron chi connectivity index (χ2n) is 7.29. The minimum Gasteiger partial charge on any atom is -0.326 e. The Morgan fingerprint density at radius 3 is 1.96 bits per heavy atom. The molecule has 0 unspecified atom stereocenters. The van der Waals surface area contributed by atoms with Crippen LogP contribution in [0.3, 0.4) is 0 Å². The van der Waals surface area contributed by atoms with Crippen molar-refractivity contribution >= 4 is 35.0 Å². The molecule has 4 nitrogen and oxygen atoms in total. The molecule has 0 spiro atoms. The SMILES string of the molecule is Cc1cc(C)c(NC(=O)CSCCCC(=O)Nc2c(C)cccc2C)c(C)c1. The lowest BCUT2D eigenvalue weighted by Gasteiger charge is -2.13. The van der Waals surface area contributed by atoms with Gasteiger partial charge in [-0.3, -0.25) is 9.59 Å². The van der Waals surface area contributed by atoms with E-state index in [4.69, 9.17) is 0 Å². The minimum atomic E-state index is 0.0000368. The molecule has 0 saturated heterocycles. The maximum Gasteiger partial charge on any atom is 0.234 e. The van der Waals surface area contributed by atoms with Crippen molar-refractivity contribution in [3.05, 3.63) is 58.1 Å². The van der Waals surface area contributed by atoms with Gasteiger partial charge >= 0.3 is 0 Å². The molecule has 0 aliphatic carbocycles. The van der Waals surface area contributed by atoms with E-state index in [0.717, 1.165) is 45.8 Å². The van der Waals surface area contributed by atoms with Crippen molar-refractivity contribution in [2.75, 3.05) is 22.1 Å². The summed E-state index contributed by atoms with van der Waals surface area (Å²) in [7, 11) is 0. The Morgan fingerprint density at radius 2 is 1.36 bits per heavy atom. The second kappa shape index (κ2) is 10.3. The maximum absolute atomic E-state index is 12.2. The number of benzene rings is 2. The van der Waals surface area contributed by atoms with Crippen LogP contribution >= 0.6 is 11.8 Å². The third kappa shape index (κ3) is 6.41. The van der Waals surface area contributed by atoms with Crippen LogP contribution in [0.25, 0.3) is 0 Å². The summed E-state index contributed by atoms with van der Waals surface area (Å²) in [5.74, 6) is 1.19. The Balaban J connectivity index is 1.70. The highest BCUT2D eigenvalue weighted by atomic mass is 32.2. The predicted octanol–water partition coefficient (Wildman–Crippen LogP) is 5.32. The summed E-state index contributed by atoms with van der Waals surface area (Å²) >= 11 is 1.56. The number of hydrogen-bond acceptors (Lipinski definition) is 3. The van der Waals surface area contributed by atoms with Crippen molar-refractivity contribution in [2.45, 2.75) is 47.5 Å². The number of aryl methyl sites for hydroxylation is 5. The fourth-order valence-corrected chi connectivity index (χ4v) is 4.02. The van der Waals surface area contributed by atoms with Gasteiger partial charge in [-0.1, -0.05) is 35.9 Å². The van der Waals surface area contributed by atoms with Crippen LogP contribution < -0.4 is 10.6 Å². The lowest BCUT2D eigenvalue weighted by molar-refractivity contribution is -0.116. The number of thioether (sulfide) groups is 1. The summed E-state index contributed by atoms with van der Waals surface area (Å²) in [6.45, 7) is 10.1. The van der Waals surface area contributed by atoms with Crippen LogP contribution in [0.1, 0.15) is 40.7 Å². The summed E-state index contributed by atoms with van der Waals surface area (Å²) in [6.07, 6.45) is 1.20.